The van der Waals surface area contributed by atoms with Gasteiger partial charge in [0.05, 0.1) is 13.2 Å². The molecule has 372 valence electrons. The molecule has 0 aliphatic rings. The summed E-state index contributed by atoms with van der Waals surface area (Å²) in [5.41, 5.74) is -1.90. The molecule has 5 amide bonds. The number of aliphatic imine (C=N–C) groups is 1. The van der Waals surface area contributed by atoms with Gasteiger partial charge in [-0.15, -0.1) is 4.99 Å². The molecule has 2 rings (SSSR count). The summed E-state index contributed by atoms with van der Waals surface area (Å²) in [5, 5.41) is 21.3. The van der Waals surface area contributed by atoms with Crippen LogP contribution in [-0.4, -0.2) is 112 Å². The summed E-state index contributed by atoms with van der Waals surface area (Å²) < 4.78 is 39.4. The van der Waals surface area contributed by atoms with Crippen molar-refractivity contribution in [2.45, 2.75) is 158 Å². The minimum Gasteiger partial charge on any atom is -0.444 e. The van der Waals surface area contributed by atoms with Gasteiger partial charge >= 0.3 is 30.5 Å². The van der Waals surface area contributed by atoms with Crippen molar-refractivity contribution >= 4 is 48.1 Å². The van der Waals surface area contributed by atoms with E-state index in [2.05, 4.69) is 15.6 Å². The normalized spacial score (nSPS) is 11.9. The molecule has 0 heterocycles. The number of nitrogens with zero attached hydrogens (tertiary/aromatic N) is 3. The van der Waals surface area contributed by atoms with Crippen molar-refractivity contribution in [1.82, 2.24) is 20.4 Å². The first-order chi connectivity index (χ1) is 30.7. The van der Waals surface area contributed by atoms with E-state index in [-0.39, 0.29) is 70.0 Å². The van der Waals surface area contributed by atoms with Crippen LogP contribution >= 0.6 is 0 Å². The summed E-state index contributed by atoms with van der Waals surface area (Å²) in [6, 6.07) is 13.7. The van der Waals surface area contributed by atoms with Gasteiger partial charge in [0.15, 0.2) is 0 Å². The highest BCUT2D eigenvalue weighted by atomic mass is 16.6. The number of rotatable bonds is 14. The van der Waals surface area contributed by atoms with Crippen LogP contribution in [0.25, 0.3) is 0 Å². The number of carbonyl (C=O) groups excluding carboxylic acids is 5. The lowest BCUT2D eigenvalue weighted by Gasteiger charge is -2.34. The number of alkyl carbamates (subject to hydrolysis) is 2. The molecule has 67 heavy (non-hydrogen) atoms. The van der Waals surface area contributed by atoms with Crippen LogP contribution in [0.15, 0.2) is 53.5 Å². The van der Waals surface area contributed by atoms with Gasteiger partial charge in [-0.25, -0.2) is 33.8 Å². The number of carbonyl (C=O) groups is 5. The first kappa shape index (κ1) is 57.0. The molecule has 0 radical (unpaired) electrons. The number of ether oxygens (including phenoxy) is 7. The highest BCUT2D eigenvalue weighted by Crippen LogP contribution is 2.19. The molecule has 0 saturated carbocycles. The Kier molecular flexibility index (Phi) is 21.0. The lowest BCUT2D eigenvalue weighted by molar-refractivity contribution is 0.0249. The van der Waals surface area contributed by atoms with Crippen LogP contribution in [0.5, 0.6) is 0 Å². The van der Waals surface area contributed by atoms with Gasteiger partial charge in [0.2, 0.25) is 5.96 Å². The second-order valence-corrected chi connectivity index (χ2v) is 20.4. The average molecular weight is 940 g/mol. The fourth-order valence-electron chi connectivity index (χ4n) is 5.33. The van der Waals surface area contributed by atoms with Gasteiger partial charge in [0.25, 0.3) is 0 Å². The van der Waals surface area contributed by atoms with Crippen LogP contribution < -0.4 is 10.6 Å². The number of amidine groups is 2. The van der Waals surface area contributed by atoms with E-state index < -0.39 is 58.5 Å². The first-order valence-corrected chi connectivity index (χ1v) is 22.0. The van der Waals surface area contributed by atoms with Gasteiger partial charge in [-0.3, -0.25) is 21.5 Å². The molecule has 0 aromatic heterocycles. The molecule has 0 fully saturated rings. The van der Waals surface area contributed by atoms with E-state index in [0.29, 0.717) is 11.1 Å². The smallest absolute Gasteiger partial charge is 0.437 e. The molecular weight excluding hydrogens is 867 g/mol. The van der Waals surface area contributed by atoms with Crippen LogP contribution in [0.2, 0.25) is 0 Å². The van der Waals surface area contributed by atoms with Crippen molar-refractivity contribution < 1.29 is 57.1 Å². The van der Waals surface area contributed by atoms with Crippen LogP contribution in [0.4, 0.5) is 24.0 Å². The van der Waals surface area contributed by atoms with Crippen molar-refractivity contribution in [2.75, 3.05) is 26.3 Å². The predicted molar refractivity (Wildman–Crippen MR) is 253 cm³/mol. The number of hydrogen-bond acceptors (Lipinski definition) is 14. The van der Waals surface area contributed by atoms with Crippen molar-refractivity contribution in [3.63, 3.8) is 0 Å². The second kappa shape index (κ2) is 24.6. The topological polar surface area (TPSA) is 241 Å². The molecule has 0 spiro atoms. The standard InChI is InChI=1S/C48H73N7O12/c1-44(2,3)63-39(56)51-36(49)34-22-18-32(19-23-34)30-61-28-16-26-54(42(59)66-47(10,11)12)38(53-41(58)65-46(7,8)9)55(43(60)67-48(13,14)15)27-17-29-62-31-33-20-24-35(25-21-33)37(50)52-40(57)64-45(4,5)6/h18-25H,16-17,26-31H2,1-15H3,(H2,49,51,56)(H2,50,52,57). The lowest BCUT2D eigenvalue weighted by Crippen LogP contribution is -2.53. The number of benzene rings is 2. The molecule has 0 atom stereocenters. The Balaban J connectivity index is 2.30. The Morgan fingerprint density at radius 3 is 1.10 bits per heavy atom. The molecule has 2 aromatic carbocycles. The van der Waals surface area contributed by atoms with Crippen molar-refractivity contribution in [3.05, 3.63) is 70.8 Å². The van der Waals surface area contributed by atoms with Gasteiger partial charge in [-0.1, -0.05) is 48.5 Å². The Hall–Kier alpha value is -6.08. The highest BCUT2D eigenvalue weighted by Gasteiger charge is 2.35. The summed E-state index contributed by atoms with van der Waals surface area (Å²) in [7, 11) is 0. The molecule has 4 N–H and O–H groups in total. The molecule has 19 nitrogen and oxygen atoms in total. The molecule has 2 aromatic rings. The van der Waals surface area contributed by atoms with Crippen LogP contribution in [0, 0.1) is 10.8 Å². The predicted octanol–water partition coefficient (Wildman–Crippen LogP) is 9.67. The molecule has 0 bridgehead atoms. The van der Waals surface area contributed by atoms with Gasteiger partial charge in [-0.2, -0.15) is 0 Å². The lowest BCUT2D eigenvalue weighted by atomic mass is 10.1. The number of hydrogen-bond donors (Lipinski definition) is 4. The van der Waals surface area contributed by atoms with E-state index in [1.165, 1.54) is 0 Å². The van der Waals surface area contributed by atoms with Crippen LogP contribution in [0.3, 0.4) is 0 Å². The summed E-state index contributed by atoms with van der Waals surface area (Å²) in [5.74, 6) is -0.633. The van der Waals surface area contributed by atoms with Gasteiger partial charge in [0.1, 0.15) is 39.7 Å². The van der Waals surface area contributed by atoms with E-state index in [1.54, 1.807) is 152 Å². The number of amides is 5. The second-order valence-electron chi connectivity index (χ2n) is 20.4. The maximum absolute atomic E-state index is 14.0. The Morgan fingerprint density at radius 2 is 0.806 bits per heavy atom. The first-order valence-electron chi connectivity index (χ1n) is 22.0. The summed E-state index contributed by atoms with van der Waals surface area (Å²) >= 11 is 0. The maximum atomic E-state index is 14.0. The van der Waals surface area contributed by atoms with Gasteiger partial charge in [0, 0.05) is 37.4 Å². The third-order valence-corrected chi connectivity index (χ3v) is 7.91. The van der Waals surface area contributed by atoms with E-state index >= 15 is 0 Å². The van der Waals surface area contributed by atoms with Gasteiger partial charge < -0.3 is 33.2 Å². The molecule has 19 heteroatoms. The summed E-state index contributed by atoms with van der Waals surface area (Å²) in [6.07, 6.45) is -3.91. The quantitative estimate of drug-likeness (QED) is 0.0599. The monoisotopic (exact) mass is 940 g/mol. The SMILES string of the molecule is CC(C)(C)OC(=O)N=C(N(CCCOCc1ccc(C(=N)NC(=O)OC(C)(C)C)cc1)C(=O)OC(C)(C)C)N(CCCOCc1ccc(C(=N)NC(=O)OC(C)(C)C)cc1)C(=O)OC(C)(C)C. The molecule has 0 saturated heterocycles. The zero-order chi connectivity index (χ0) is 51.0. The van der Waals surface area contributed by atoms with Crippen LogP contribution in [-0.2, 0) is 46.4 Å². The Bertz CT molecular complexity index is 1910. The van der Waals surface area contributed by atoms with E-state index in [0.717, 1.165) is 20.9 Å². The zero-order valence-electron chi connectivity index (χ0n) is 42.0. The highest BCUT2D eigenvalue weighted by molar-refractivity contribution is 6.06. The summed E-state index contributed by atoms with van der Waals surface area (Å²) in [4.78, 5) is 72.1. The minimum absolute atomic E-state index is 0.112. The maximum Gasteiger partial charge on any atom is 0.437 e. The Morgan fingerprint density at radius 1 is 0.493 bits per heavy atom. The fraction of sp³-hybridized carbons (Fsp3) is 0.583. The zero-order valence-corrected chi connectivity index (χ0v) is 42.0. The minimum atomic E-state index is -1.06. The van der Waals surface area contributed by atoms with E-state index in [1.807, 2.05) is 0 Å². The van der Waals surface area contributed by atoms with E-state index in [9.17, 15) is 24.0 Å². The molecule has 0 aliphatic heterocycles. The van der Waals surface area contributed by atoms with E-state index in [4.69, 9.17) is 44.0 Å². The third-order valence-electron chi connectivity index (χ3n) is 7.91. The largest absolute Gasteiger partial charge is 0.444 e. The molecule has 0 aliphatic carbocycles. The molecular formula is C48H73N7O12. The number of nitrogens with one attached hydrogen (secondary N) is 4. The Labute approximate surface area is 395 Å². The fourth-order valence-corrected chi connectivity index (χ4v) is 5.33. The van der Waals surface area contributed by atoms with Crippen molar-refractivity contribution in [3.8, 4) is 0 Å². The van der Waals surface area contributed by atoms with Crippen molar-refractivity contribution in [1.29, 1.82) is 10.8 Å². The number of guanidine groups is 1. The van der Waals surface area contributed by atoms with Gasteiger partial charge in [-0.05, 0) is 128 Å². The molecule has 0 unspecified atom stereocenters. The van der Waals surface area contributed by atoms with Crippen molar-refractivity contribution in [2.24, 2.45) is 4.99 Å². The van der Waals surface area contributed by atoms with Crippen LogP contribution in [0.1, 0.15) is 139 Å². The third kappa shape index (κ3) is 24.3. The average Bonchev–Trinajstić information content (AvgIpc) is 3.13. The summed E-state index contributed by atoms with van der Waals surface area (Å²) in [6.45, 7) is 25.8.